The number of carbonyl (C=O) groups is 2. The van der Waals surface area contributed by atoms with Crippen LogP contribution in [0.2, 0.25) is 0 Å². The second-order valence-electron chi connectivity index (χ2n) is 12.9. The molecule has 1 fully saturated rings. The molecule has 0 saturated carbocycles. The Morgan fingerprint density at radius 3 is 2.30 bits per heavy atom. The predicted molar refractivity (Wildman–Crippen MR) is 174 cm³/mol. The highest BCUT2D eigenvalue weighted by Crippen LogP contribution is 2.29. The van der Waals surface area contributed by atoms with Gasteiger partial charge in [-0.3, -0.25) is 10.1 Å². The molecule has 0 radical (unpaired) electrons. The number of urea groups is 1. The molecule has 47 heavy (non-hydrogen) atoms. The van der Waals surface area contributed by atoms with Gasteiger partial charge < -0.3 is 15.0 Å². The van der Waals surface area contributed by atoms with E-state index in [9.17, 15) is 22.8 Å². The first-order valence-corrected chi connectivity index (χ1v) is 15.5. The third-order valence-electron chi connectivity index (χ3n) is 8.04. The topological polar surface area (TPSA) is 101 Å². The molecule has 12 heteroatoms. The summed E-state index contributed by atoms with van der Waals surface area (Å²) in [6.07, 6.45) is -0.979. The van der Waals surface area contributed by atoms with Crippen molar-refractivity contribution in [3.63, 3.8) is 0 Å². The molecule has 3 heterocycles. The van der Waals surface area contributed by atoms with Crippen LogP contribution in [0.4, 0.5) is 29.5 Å². The standard InChI is InChI=1S/C35H39F3N6O3/c1-23-9-12-27(13-10-23)44-30(20-29(42-44)34(2,3)4)41-33(46)40-28-8-6-5-7-25(28)19-24-15-17-43(18-16-24)32(45)26-11-14-31(39-21-26)47-22-35(36,37)38/h5-14,20-21,24H,15-19,22H2,1-4H3,(H2,40,41,46). The zero-order valence-corrected chi connectivity index (χ0v) is 26.9. The Labute approximate surface area is 272 Å². The van der Waals surface area contributed by atoms with E-state index in [1.165, 1.54) is 18.3 Å². The third kappa shape index (κ3) is 8.90. The minimum Gasteiger partial charge on any atom is -0.468 e. The van der Waals surface area contributed by atoms with Crippen LogP contribution in [-0.4, -0.2) is 57.5 Å². The Morgan fingerprint density at radius 2 is 1.66 bits per heavy atom. The minimum atomic E-state index is -4.47. The Hall–Kier alpha value is -4.87. The fourth-order valence-electron chi connectivity index (χ4n) is 5.39. The fourth-order valence-corrected chi connectivity index (χ4v) is 5.39. The molecule has 1 aliphatic rings. The Kier molecular flexibility index (Phi) is 9.88. The summed E-state index contributed by atoms with van der Waals surface area (Å²) in [6.45, 7) is 7.86. The van der Waals surface area contributed by atoms with Crippen LogP contribution >= 0.6 is 0 Å². The van der Waals surface area contributed by atoms with Crippen LogP contribution in [0.5, 0.6) is 5.88 Å². The number of hydrogen-bond donors (Lipinski definition) is 2. The second kappa shape index (κ2) is 13.9. The van der Waals surface area contributed by atoms with Crippen molar-refractivity contribution < 1.29 is 27.5 Å². The van der Waals surface area contributed by atoms with Gasteiger partial charge in [0.05, 0.1) is 16.9 Å². The number of alkyl halides is 3. The van der Waals surface area contributed by atoms with Crippen molar-refractivity contribution in [1.29, 1.82) is 0 Å². The van der Waals surface area contributed by atoms with E-state index >= 15 is 0 Å². The van der Waals surface area contributed by atoms with Crippen LogP contribution in [0, 0.1) is 12.8 Å². The van der Waals surface area contributed by atoms with E-state index in [-0.39, 0.29) is 23.2 Å². The number of anilines is 2. The number of halogens is 3. The molecule has 2 aromatic carbocycles. The van der Waals surface area contributed by atoms with E-state index in [0.29, 0.717) is 36.1 Å². The first kappa shape index (κ1) is 33.5. The number of aromatic nitrogens is 3. The van der Waals surface area contributed by atoms with Crippen molar-refractivity contribution in [2.45, 2.75) is 58.5 Å². The Balaban J connectivity index is 1.19. The number of carbonyl (C=O) groups excluding carboxylic acids is 2. The van der Waals surface area contributed by atoms with Crippen molar-refractivity contribution in [3.05, 3.63) is 95.3 Å². The van der Waals surface area contributed by atoms with Crippen LogP contribution in [0.25, 0.3) is 5.69 Å². The lowest BCUT2D eigenvalue weighted by molar-refractivity contribution is -0.154. The first-order chi connectivity index (χ1) is 22.2. The van der Waals surface area contributed by atoms with Crippen LogP contribution in [0.3, 0.4) is 0 Å². The number of aryl methyl sites for hydroxylation is 1. The molecule has 3 amide bonds. The molecule has 0 bridgehead atoms. The number of pyridine rings is 1. The summed E-state index contributed by atoms with van der Waals surface area (Å²) < 4.78 is 43.5. The van der Waals surface area contributed by atoms with Crippen molar-refractivity contribution in [3.8, 4) is 11.6 Å². The Morgan fingerprint density at radius 1 is 0.957 bits per heavy atom. The lowest BCUT2D eigenvalue weighted by Crippen LogP contribution is -2.39. The maximum Gasteiger partial charge on any atom is 0.422 e. The summed E-state index contributed by atoms with van der Waals surface area (Å²) in [7, 11) is 0. The summed E-state index contributed by atoms with van der Waals surface area (Å²) >= 11 is 0. The number of nitrogens with one attached hydrogen (secondary N) is 2. The van der Waals surface area contributed by atoms with E-state index < -0.39 is 12.8 Å². The van der Waals surface area contributed by atoms with Gasteiger partial charge in [0.2, 0.25) is 5.88 Å². The molecule has 2 aromatic heterocycles. The number of piperidine rings is 1. The van der Waals surface area contributed by atoms with E-state index in [1.807, 2.05) is 61.5 Å². The predicted octanol–water partition coefficient (Wildman–Crippen LogP) is 7.55. The number of nitrogens with zero attached hydrogens (tertiary/aromatic N) is 4. The van der Waals surface area contributed by atoms with Gasteiger partial charge in [-0.1, -0.05) is 56.7 Å². The molecule has 5 rings (SSSR count). The molecule has 4 aromatic rings. The number of amides is 3. The van der Waals surface area contributed by atoms with Gasteiger partial charge in [-0.2, -0.15) is 18.3 Å². The largest absolute Gasteiger partial charge is 0.468 e. The summed E-state index contributed by atoms with van der Waals surface area (Å²) in [5.41, 5.74) is 4.60. The molecular formula is C35H39F3N6O3. The Bertz CT molecular complexity index is 1690. The van der Waals surface area contributed by atoms with Gasteiger partial charge >= 0.3 is 12.2 Å². The highest BCUT2D eigenvalue weighted by Gasteiger charge is 2.29. The lowest BCUT2D eigenvalue weighted by Gasteiger charge is -2.32. The zero-order valence-electron chi connectivity index (χ0n) is 26.9. The number of likely N-dealkylation sites (tertiary alicyclic amines) is 1. The zero-order chi connectivity index (χ0) is 33.8. The normalized spacial score (nSPS) is 14.1. The maximum atomic E-state index is 13.3. The summed E-state index contributed by atoms with van der Waals surface area (Å²) in [5, 5.41) is 10.8. The number of ether oxygens (including phenoxy) is 1. The molecule has 248 valence electrons. The lowest BCUT2D eigenvalue weighted by atomic mass is 9.89. The molecule has 9 nitrogen and oxygen atoms in total. The number of hydrogen-bond acceptors (Lipinski definition) is 5. The van der Waals surface area contributed by atoms with Crippen molar-refractivity contribution in [2.24, 2.45) is 5.92 Å². The van der Waals surface area contributed by atoms with Gasteiger partial charge in [0.15, 0.2) is 6.61 Å². The van der Waals surface area contributed by atoms with Crippen molar-refractivity contribution >= 4 is 23.4 Å². The second-order valence-corrected chi connectivity index (χ2v) is 12.9. The smallest absolute Gasteiger partial charge is 0.422 e. The number of para-hydroxylation sites is 1. The van der Waals surface area contributed by atoms with E-state index in [2.05, 4.69) is 41.1 Å². The quantitative estimate of drug-likeness (QED) is 0.206. The van der Waals surface area contributed by atoms with Crippen LogP contribution < -0.4 is 15.4 Å². The minimum absolute atomic E-state index is 0.190. The van der Waals surface area contributed by atoms with E-state index in [0.717, 1.165) is 41.8 Å². The first-order valence-electron chi connectivity index (χ1n) is 15.5. The van der Waals surface area contributed by atoms with Gasteiger partial charge in [0.25, 0.3) is 5.91 Å². The van der Waals surface area contributed by atoms with Gasteiger partial charge in [-0.25, -0.2) is 14.5 Å². The molecule has 0 aliphatic carbocycles. The van der Waals surface area contributed by atoms with Crippen LogP contribution in [0.1, 0.15) is 60.8 Å². The molecule has 0 atom stereocenters. The maximum absolute atomic E-state index is 13.3. The molecule has 2 N–H and O–H groups in total. The van der Waals surface area contributed by atoms with E-state index in [1.54, 1.807) is 9.58 Å². The fraction of sp³-hybridized carbons (Fsp3) is 0.371. The van der Waals surface area contributed by atoms with Crippen LogP contribution in [-0.2, 0) is 11.8 Å². The average molecular weight is 649 g/mol. The monoisotopic (exact) mass is 648 g/mol. The molecule has 0 spiro atoms. The van der Waals surface area contributed by atoms with E-state index in [4.69, 9.17) is 5.10 Å². The van der Waals surface area contributed by atoms with Gasteiger partial charge in [-0.15, -0.1) is 0 Å². The third-order valence-corrected chi connectivity index (χ3v) is 8.04. The van der Waals surface area contributed by atoms with Crippen molar-refractivity contribution in [2.75, 3.05) is 30.3 Å². The average Bonchev–Trinajstić information content (AvgIpc) is 3.45. The van der Waals surface area contributed by atoms with Gasteiger partial charge in [-0.05, 0) is 61.9 Å². The summed E-state index contributed by atoms with van der Waals surface area (Å²) in [4.78, 5) is 31.9. The number of rotatable bonds is 8. The summed E-state index contributed by atoms with van der Waals surface area (Å²) in [5.74, 6) is 0.435. The highest BCUT2D eigenvalue weighted by molar-refractivity contribution is 6.00. The molecule has 0 unspecified atom stereocenters. The van der Waals surface area contributed by atoms with Gasteiger partial charge in [0.1, 0.15) is 5.82 Å². The molecule has 1 saturated heterocycles. The van der Waals surface area contributed by atoms with Crippen LogP contribution in [0.15, 0.2) is 72.9 Å². The van der Waals surface area contributed by atoms with Gasteiger partial charge in [0, 0.05) is 42.5 Å². The van der Waals surface area contributed by atoms with Crippen molar-refractivity contribution in [1.82, 2.24) is 19.7 Å². The molecule has 1 aliphatic heterocycles. The SMILES string of the molecule is Cc1ccc(-n2nc(C(C)(C)C)cc2NC(=O)Nc2ccccc2CC2CCN(C(=O)c3ccc(OCC(F)(F)F)nc3)CC2)cc1. The molecular weight excluding hydrogens is 609 g/mol. The summed E-state index contributed by atoms with van der Waals surface area (Å²) in [6, 6.07) is 19.8. The highest BCUT2D eigenvalue weighted by atomic mass is 19.4. The number of benzene rings is 2.